The Morgan fingerprint density at radius 2 is 2.10 bits per heavy atom. The van der Waals surface area contributed by atoms with Gasteiger partial charge < -0.3 is 4.74 Å². The van der Waals surface area contributed by atoms with Crippen molar-refractivity contribution in [1.82, 2.24) is 0 Å². The summed E-state index contributed by atoms with van der Waals surface area (Å²) in [4.78, 5) is 26.6. The zero-order valence-corrected chi connectivity index (χ0v) is 13.0. The lowest BCUT2D eigenvalue weighted by Crippen LogP contribution is -2.28. The van der Waals surface area contributed by atoms with Crippen LogP contribution in [0.3, 0.4) is 0 Å². The number of ketones is 1. The molecule has 2 heterocycles. The van der Waals surface area contributed by atoms with Crippen LogP contribution in [0.2, 0.25) is 0 Å². The summed E-state index contributed by atoms with van der Waals surface area (Å²) in [6.45, 7) is 0.403. The number of methoxy groups -OCH3 is 1. The van der Waals surface area contributed by atoms with Crippen LogP contribution in [-0.2, 0) is 11.3 Å². The first kappa shape index (κ1) is 13.3. The second-order valence-corrected chi connectivity index (χ2v) is 6.25. The summed E-state index contributed by atoms with van der Waals surface area (Å²) in [5, 5.41) is 1.95. The Labute approximate surface area is 128 Å². The number of ether oxygens (including phenoxy) is 1. The van der Waals surface area contributed by atoms with Gasteiger partial charge in [-0.1, -0.05) is 0 Å². The van der Waals surface area contributed by atoms with E-state index in [1.165, 1.54) is 12.0 Å². The number of thiophene rings is 1. The number of Topliss-reactive ketones (excluding diaryl/α,β-unsaturated/α-hetero) is 1. The number of hydrogen-bond acceptors (Lipinski definition) is 4. The molecular weight excluding hydrogens is 342 g/mol. The minimum atomic E-state index is -0.488. The highest BCUT2D eigenvalue weighted by molar-refractivity contribution is 9.10. The van der Waals surface area contributed by atoms with Crippen LogP contribution >= 0.6 is 27.3 Å². The van der Waals surface area contributed by atoms with Crippen molar-refractivity contribution in [2.75, 3.05) is 12.0 Å². The van der Waals surface area contributed by atoms with E-state index in [-0.39, 0.29) is 0 Å². The van der Waals surface area contributed by atoms with Crippen LogP contribution in [0.4, 0.5) is 5.69 Å². The number of fused-ring (bicyclic) bond motifs is 1. The van der Waals surface area contributed by atoms with E-state index in [4.69, 9.17) is 4.74 Å². The van der Waals surface area contributed by atoms with E-state index in [9.17, 15) is 9.59 Å². The number of anilines is 1. The number of carbonyl (C=O) groups excluding carboxylic acids is 2. The summed E-state index contributed by atoms with van der Waals surface area (Å²) in [5.41, 5.74) is 1.05. The predicted octanol–water partition coefficient (Wildman–Crippen LogP) is 3.25. The lowest BCUT2D eigenvalue weighted by atomic mass is 10.1. The number of carbonyl (C=O) groups is 2. The van der Waals surface area contributed by atoms with E-state index in [0.29, 0.717) is 23.5 Å². The van der Waals surface area contributed by atoms with Gasteiger partial charge in [0.25, 0.3) is 11.7 Å². The SMILES string of the molecule is COc1ccc2c(c1)C(=O)C(=O)N2Cc1cc(Br)cs1. The lowest BCUT2D eigenvalue weighted by molar-refractivity contribution is -0.114. The molecule has 0 saturated carbocycles. The van der Waals surface area contributed by atoms with Crippen LogP contribution in [0.25, 0.3) is 0 Å². The normalized spacial score (nSPS) is 13.8. The Morgan fingerprint density at radius 3 is 2.75 bits per heavy atom. The molecule has 1 amide bonds. The van der Waals surface area contributed by atoms with Crippen molar-refractivity contribution in [2.24, 2.45) is 0 Å². The Bertz CT molecular complexity index is 710. The molecule has 0 spiro atoms. The van der Waals surface area contributed by atoms with Crippen molar-refractivity contribution < 1.29 is 14.3 Å². The Hall–Kier alpha value is -1.66. The smallest absolute Gasteiger partial charge is 0.299 e. The van der Waals surface area contributed by atoms with Crippen LogP contribution in [0, 0.1) is 0 Å². The molecule has 102 valence electrons. The Morgan fingerprint density at radius 1 is 1.30 bits per heavy atom. The van der Waals surface area contributed by atoms with Gasteiger partial charge in [0.1, 0.15) is 5.75 Å². The minimum absolute atomic E-state index is 0.403. The molecule has 1 aromatic carbocycles. The van der Waals surface area contributed by atoms with Gasteiger partial charge in [0.05, 0.1) is 24.9 Å². The monoisotopic (exact) mass is 351 g/mol. The van der Waals surface area contributed by atoms with Gasteiger partial charge in [0.2, 0.25) is 0 Å². The van der Waals surface area contributed by atoms with Crippen molar-refractivity contribution in [1.29, 1.82) is 0 Å². The zero-order chi connectivity index (χ0) is 14.3. The lowest BCUT2D eigenvalue weighted by Gasteiger charge is -2.15. The fourth-order valence-electron chi connectivity index (χ4n) is 2.16. The molecule has 0 atom stereocenters. The van der Waals surface area contributed by atoms with Gasteiger partial charge in [-0.25, -0.2) is 0 Å². The fourth-order valence-corrected chi connectivity index (χ4v) is 3.59. The van der Waals surface area contributed by atoms with E-state index in [2.05, 4.69) is 15.9 Å². The standard InChI is InChI=1S/C14H10BrNO3S/c1-19-9-2-3-12-11(5-9)13(17)14(18)16(12)6-10-4-8(15)7-20-10/h2-5,7H,6H2,1H3. The molecule has 6 heteroatoms. The molecule has 1 aliphatic rings. The van der Waals surface area contributed by atoms with Gasteiger partial charge in [0, 0.05) is 14.7 Å². The minimum Gasteiger partial charge on any atom is -0.497 e. The number of rotatable bonds is 3. The first-order valence-electron chi connectivity index (χ1n) is 5.87. The molecule has 0 fully saturated rings. The van der Waals surface area contributed by atoms with Crippen LogP contribution in [0.1, 0.15) is 15.2 Å². The molecule has 0 saturated heterocycles. The molecule has 4 nitrogen and oxygen atoms in total. The summed E-state index contributed by atoms with van der Waals surface area (Å²) in [6.07, 6.45) is 0. The molecular formula is C14H10BrNO3S. The summed E-state index contributed by atoms with van der Waals surface area (Å²) in [7, 11) is 1.53. The van der Waals surface area contributed by atoms with Crippen molar-refractivity contribution in [2.45, 2.75) is 6.54 Å². The third-order valence-electron chi connectivity index (χ3n) is 3.11. The van der Waals surface area contributed by atoms with Crippen molar-refractivity contribution in [3.05, 3.63) is 44.6 Å². The molecule has 0 radical (unpaired) electrons. The number of nitrogens with zero attached hydrogens (tertiary/aromatic N) is 1. The van der Waals surface area contributed by atoms with E-state index in [1.54, 1.807) is 29.5 Å². The number of benzene rings is 1. The summed E-state index contributed by atoms with van der Waals surface area (Å²) in [5.74, 6) is -0.391. The van der Waals surface area contributed by atoms with Gasteiger partial charge >= 0.3 is 0 Å². The van der Waals surface area contributed by atoms with E-state index in [1.807, 2.05) is 11.4 Å². The molecule has 0 unspecified atom stereocenters. The average molecular weight is 352 g/mol. The van der Waals surface area contributed by atoms with E-state index in [0.717, 1.165) is 9.35 Å². The Kier molecular flexibility index (Phi) is 3.35. The number of hydrogen-bond donors (Lipinski definition) is 0. The molecule has 20 heavy (non-hydrogen) atoms. The van der Waals surface area contributed by atoms with Gasteiger partial charge in [-0.05, 0) is 40.2 Å². The molecule has 0 N–H and O–H groups in total. The molecule has 0 aliphatic carbocycles. The summed E-state index contributed by atoms with van der Waals surface area (Å²) >= 11 is 4.93. The highest BCUT2D eigenvalue weighted by atomic mass is 79.9. The maximum Gasteiger partial charge on any atom is 0.299 e. The van der Waals surface area contributed by atoms with Crippen LogP contribution in [-0.4, -0.2) is 18.8 Å². The van der Waals surface area contributed by atoms with Crippen LogP contribution < -0.4 is 9.64 Å². The number of amides is 1. The Balaban J connectivity index is 1.98. The second kappa shape index (κ2) is 5.03. The van der Waals surface area contributed by atoms with Gasteiger partial charge in [-0.15, -0.1) is 11.3 Å². The average Bonchev–Trinajstić information content (AvgIpc) is 2.96. The first-order valence-corrected chi connectivity index (χ1v) is 7.54. The topological polar surface area (TPSA) is 46.6 Å². The molecule has 0 bridgehead atoms. The maximum atomic E-state index is 12.1. The molecule has 3 rings (SSSR count). The van der Waals surface area contributed by atoms with Crippen molar-refractivity contribution in [3.8, 4) is 5.75 Å². The zero-order valence-electron chi connectivity index (χ0n) is 10.6. The van der Waals surface area contributed by atoms with Crippen LogP contribution in [0.15, 0.2) is 34.1 Å². The highest BCUT2D eigenvalue weighted by Crippen LogP contribution is 2.34. The third kappa shape index (κ3) is 2.14. The van der Waals surface area contributed by atoms with E-state index < -0.39 is 11.7 Å². The largest absolute Gasteiger partial charge is 0.497 e. The summed E-state index contributed by atoms with van der Waals surface area (Å²) in [6, 6.07) is 7.06. The van der Waals surface area contributed by atoms with E-state index >= 15 is 0 Å². The van der Waals surface area contributed by atoms with Crippen LogP contribution in [0.5, 0.6) is 5.75 Å². The summed E-state index contributed by atoms with van der Waals surface area (Å²) < 4.78 is 6.07. The molecule has 1 aliphatic heterocycles. The van der Waals surface area contributed by atoms with Gasteiger partial charge in [-0.2, -0.15) is 0 Å². The second-order valence-electron chi connectivity index (χ2n) is 4.33. The van der Waals surface area contributed by atoms with Gasteiger partial charge in [0.15, 0.2) is 0 Å². The highest BCUT2D eigenvalue weighted by Gasteiger charge is 2.36. The first-order chi connectivity index (χ1) is 9.60. The molecule has 1 aromatic heterocycles. The fraction of sp³-hybridized carbons (Fsp3) is 0.143. The maximum absolute atomic E-state index is 12.1. The van der Waals surface area contributed by atoms with Crippen molar-refractivity contribution in [3.63, 3.8) is 0 Å². The molecule has 2 aromatic rings. The van der Waals surface area contributed by atoms with Gasteiger partial charge in [-0.3, -0.25) is 14.5 Å². The van der Waals surface area contributed by atoms with Crippen molar-refractivity contribution >= 4 is 44.6 Å². The third-order valence-corrected chi connectivity index (χ3v) is 4.80. The predicted molar refractivity (Wildman–Crippen MR) is 80.5 cm³/mol. The quantitative estimate of drug-likeness (QED) is 0.797. The number of halogens is 1.